The fourth-order valence-corrected chi connectivity index (χ4v) is 2.42. The molecular formula is C19H20F3NO2. The Morgan fingerprint density at radius 2 is 1.52 bits per heavy atom. The lowest BCUT2D eigenvalue weighted by atomic mass is 9.91. The van der Waals surface area contributed by atoms with Gasteiger partial charge in [0.15, 0.2) is 0 Å². The van der Waals surface area contributed by atoms with Gasteiger partial charge in [-0.25, -0.2) is 0 Å². The van der Waals surface area contributed by atoms with Crippen LogP contribution in [0.5, 0.6) is 0 Å². The molecule has 0 aliphatic rings. The monoisotopic (exact) mass is 351 g/mol. The zero-order valence-corrected chi connectivity index (χ0v) is 14.0. The molecule has 1 amide bonds. The van der Waals surface area contributed by atoms with Crippen molar-refractivity contribution in [2.24, 2.45) is 0 Å². The maximum absolute atomic E-state index is 13.5. The summed E-state index contributed by atoms with van der Waals surface area (Å²) in [4.78, 5) is 12.2. The Bertz CT molecular complexity index is 724. The lowest BCUT2D eigenvalue weighted by molar-refractivity contribution is -0.257. The predicted octanol–water partition coefficient (Wildman–Crippen LogP) is 3.62. The first-order valence-corrected chi connectivity index (χ1v) is 7.91. The Morgan fingerprint density at radius 3 is 2.00 bits per heavy atom. The van der Waals surface area contributed by atoms with Crippen molar-refractivity contribution in [2.45, 2.75) is 38.6 Å². The summed E-state index contributed by atoms with van der Waals surface area (Å²) in [6.07, 6.45) is -4.50. The van der Waals surface area contributed by atoms with Crippen molar-refractivity contribution in [3.63, 3.8) is 0 Å². The van der Waals surface area contributed by atoms with Gasteiger partial charge in [0.2, 0.25) is 0 Å². The van der Waals surface area contributed by atoms with Gasteiger partial charge in [0.25, 0.3) is 11.5 Å². The van der Waals surface area contributed by atoms with Crippen molar-refractivity contribution < 1.29 is 23.1 Å². The predicted molar refractivity (Wildman–Crippen MR) is 88.8 cm³/mol. The molecule has 25 heavy (non-hydrogen) atoms. The summed E-state index contributed by atoms with van der Waals surface area (Å²) >= 11 is 0. The van der Waals surface area contributed by atoms with Gasteiger partial charge in [-0.05, 0) is 24.5 Å². The highest BCUT2D eigenvalue weighted by Crippen LogP contribution is 2.39. The van der Waals surface area contributed by atoms with Crippen molar-refractivity contribution >= 4 is 5.91 Å². The Hall–Kier alpha value is -2.34. The van der Waals surface area contributed by atoms with Crippen LogP contribution in [-0.2, 0) is 23.4 Å². The lowest BCUT2D eigenvalue weighted by Gasteiger charge is -2.29. The molecule has 0 saturated carbocycles. The minimum atomic E-state index is -5.14. The Labute approximate surface area is 144 Å². The molecule has 2 rings (SSSR count). The highest BCUT2D eigenvalue weighted by Gasteiger charge is 2.60. The van der Waals surface area contributed by atoms with E-state index in [1.165, 1.54) is 12.1 Å². The quantitative estimate of drug-likeness (QED) is 0.864. The molecule has 134 valence electrons. The number of aliphatic hydroxyl groups is 1. The van der Waals surface area contributed by atoms with Crippen molar-refractivity contribution in [2.75, 3.05) is 0 Å². The first-order valence-electron chi connectivity index (χ1n) is 7.91. The summed E-state index contributed by atoms with van der Waals surface area (Å²) in [6, 6.07) is 12.2. The van der Waals surface area contributed by atoms with Gasteiger partial charge in [-0.3, -0.25) is 4.79 Å². The van der Waals surface area contributed by atoms with Crippen LogP contribution in [0.2, 0.25) is 0 Å². The number of carbonyl (C=O) groups is 1. The average molecular weight is 351 g/mol. The molecule has 2 aromatic carbocycles. The molecule has 2 N–H and O–H groups in total. The molecule has 2 aromatic rings. The molecule has 0 spiro atoms. The molecule has 0 saturated heterocycles. The van der Waals surface area contributed by atoms with Gasteiger partial charge in [0.1, 0.15) is 0 Å². The van der Waals surface area contributed by atoms with E-state index in [4.69, 9.17) is 0 Å². The second kappa shape index (κ2) is 7.27. The van der Waals surface area contributed by atoms with Crippen molar-refractivity contribution in [3.05, 3.63) is 70.8 Å². The van der Waals surface area contributed by atoms with E-state index < -0.39 is 23.2 Å². The first-order chi connectivity index (χ1) is 11.7. The highest BCUT2D eigenvalue weighted by atomic mass is 19.4. The number of hydrogen-bond acceptors (Lipinski definition) is 2. The summed E-state index contributed by atoms with van der Waals surface area (Å²) in [6.45, 7) is 3.63. The molecule has 0 aliphatic carbocycles. The van der Waals surface area contributed by atoms with Crippen LogP contribution in [0.4, 0.5) is 13.2 Å². The van der Waals surface area contributed by atoms with E-state index in [1.54, 1.807) is 24.3 Å². The Morgan fingerprint density at radius 1 is 1.00 bits per heavy atom. The van der Waals surface area contributed by atoms with E-state index in [0.717, 1.165) is 23.3 Å². The molecule has 0 aromatic heterocycles. The van der Waals surface area contributed by atoms with Gasteiger partial charge in [0, 0.05) is 12.1 Å². The van der Waals surface area contributed by atoms with Crippen LogP contribution in [0.25, 0.3) is 0 Å². The summed E-state index contributed by atoms with van der Waals surface area (Å²) in [7, 11) is 0. The molecule has 3 nitrogen and oxygen atoms in total. The third-order valence-corrected chi connectivity index (χ3v) is 4.09. The topological polar surface area (TPSA) is 49.3 Å². The number of rotatable bonds is 5. The van der Waals surface area contributed by atoms with Gasteiger partial charge in [-0.2, -0.15) is 13.2 Å². The second-order valence-corrected chi connectivity index (χ2v) is 5.93. The molecule has 0 radical (unpaired) electrons. The minimum Gasteiger partial charge on any atom is -0.369 e. The largest absolute Gasteiger partial charge is 0.430 e. The van der Waals surface area contributed by atoms with E-state index in [2.05, 4.69) is 5.32 Å². The van der Waals surface area contributed by atoms with Crippen molar-refractivity contribution in [1.29, 1.82) is 0 Å². The van der Waals surface area contributed by atoms with E-state index in [1.807, 2.05) is 13.8 Å². The molecule has 6 heteroatoms. The highest BCUT2D eigenvalue weighted by molar-refractivity contribution is 5.87. The van der Waals surface area contributed by atoms with Crippen LogP contribution in [-0.4, -0.2) is 17.2 Å². The fourth-order valence-electron chi connectivity index (χ4n) is 2.42. The number of aryl methyl sites for hydroxylation is 2. The number of nitrogens with one attached hydrogen (secondary N) is 1. The van der Waals surface area contributed by atoms with Gasteiger partial charge in [-0.15, -0.1) is 0 Å². The standard InChI is InChI=1S/C19H20F3NO2/c1-3-14-8-10-16(11-9-14)18(25,19(20,21)22)17(24)23-12-15-6-4-13(2)5-7-15/h4-11,25H,3,12H2,1-2H3,(H,23,24). The summed E-state index contributed by atoms with van der Waals surface area (Å²) < 4.78 is 40.5. The van der Waals surface area contributed by atoms with E-state index in [-0.39, 0.29) is 6.54 Å². The smallest absolute Gasteiger partial charge is 0.369 e. The number of benzene rings is 2. The summed E-state index contributed by atoms with van der Waals surface area (Å²) in [5, 5.41) is 12.4. The maximum Gasteiger partial charge on any atom is 0.430 e. The van der Waals surface area contributed by atoms with Gasteiger partial charge < -0.3 is 10.4 Å². The van der Waals surface area contributed by atoms with Gasteiger partial charge in [0.05, 0.1) is 0 Å². The van der Waals surface area contributed by atoms with Gasteiger partial charge >= 0.3 is 6.18 Å². The third kappa shape index (κ3) is 4.02. The molecule has 0 bridgehead atoms. The Balaban J connectivity index is 2.26. The zero-order valence-electron chi connectivity index (χ0n) is 14.0. The molecule has 0 fully saturated rings. The van der Waals surface area contributed by atoms with E-state index in [9.17, 15) is 23.1 Å². The first kappa shape index (κ1) is 19.0. The molecule has 0 aliphatic heterocycles. The van der Waals surface area contributed by atoms with Crippen LogP contribution in [0.3, 0.4) is 0 Å². The third-order valence-electron chi connectivity index (χ3n) is 4.09. The van der Waals surface area contributed by atoms with Crippen molar-refractivity contribution in [1.82, 2.24) is 5.32 Å². The fraction of sp³-hybridized carbons (Fsp3) is 0.316. The van der Waals surface area contributed by atoms with Crippen LogP contribution in [0.15, 0.2) is 48.5 Å². The van der Waals surface area contributed by atoms with Crippen LogP contribution in [0.1, 0.15) is 29.2 Å². The van der Waals surface area contributed by atoms with Crippen molar-refractivity contribution in [3.8, 4) is 0 Å². The minimum absolute atomic E-state index is 0.107. The summed E-state index contributed by atoms with van der Waals surface area (Å²) in [5.74, 6) is -1.50. The number of carbonyl (C=O) groups excluding carboxylic acids is 1. The summed E-state index contributed by atoms with van der Waals surface area (Å²) in [5.41, 5.74) is -1.64. The number of alkyl halides is 3. The SMILES string of the molecule is CCc1ccc(C(O)(C(=O)NCc2ccc(C)cc2)C(F)(F)F)cc1. The molecule has 0 heterocycles. The number of hydrogen-bond donors (Lipinski definition) is 2. The molecule has 1 atom stereocenters. The Kier molecular flexibility index (Phi) is 5.52. The average Bonchev–Trinajstić information content (AvgIpc) is 2.59. The number of halogens is 3. The van der Waals surface area contributed by atoms with Crippen LogP contribution >= 0.6 is 0 Å². The second-order valence-electron chi connectivity index (χ2n) is 5.93. The molecular weight excluding hydrogens is 331 g/mol. The molecule has 1 unspecified atom stereocenters. The maximum atomic E-state index is 13.5. The van der Waals surface area contributed by atoms with E-state index >= 15 is 0 Å². The zero-order chi connectivity index (χ0) is 18.7. The van der Waals surface area contributed by atoms with Crippen LogP contribution in [0, 0.1) is 6.92 Å². The van der Waals surface area contributed by atoms with Gasteiger partial charge in [-0.1, -0.05) is 61.0 Å². The van der Waals surface area contributed by atoms with Crippen LogP contribution < -0.4 is 5.32 Å². The normalized spacial score (nSPS) is 14.0. The lowest BCUT2D eigenvalue weighted by Crippen LogP contribution is -2.54. The number of amides is 1. The van der Waals surface area contributed by atoms with E-state index in [0.29, 0.717) is 12.0 Å².